The standard InChI is InChI=1S/C21H22N2S/c1-3-16-11-13-17(14-12-16)15(2)22-21(24)23-20-10-6-8-18-7-4-5-9-19(18)20/h4-15H,3H2,1-2H3,(H2,22,23,24). The molecule has 3 aromatic rings. The van der Waals surface area contributed by atoms with E-state index in [9.17, 15) is 0 Å². The molecule has 0 spiro atoms. The zero-order valence-electron chi connectivity index (χ0n) is 14.0. The van der Waals surface area contributed by atoms with Crippen molar-refractivity contribution in [1.29, 1.82) is 0 Å². The minimum atomic E-state index is 0.158. The quantitative estimate of drug-likeness (QED) is 0.620. The van der Waals surface area contributed by atoms with Crippen LogP contribution in [0, 0.1) is 0 Å². The molecule has 0 bridgehead atoms. The lowest BCUT2D eigenvalue weighted by Gasteiger charge is -2.18. The smallest absolute Gasteiger partial charge is 0.171 e. The van der Waals surface area contributed by atoms with E-state index in [1.165, 1.54) is 21.9 Å². The van der Waals surface area contributed by atoms with Crippen molar-refractivity contribution in [2.24, 2.45) is 0 Å². The summed E-state index contributed by atoms with van der Waals surface area (Å²) in [6, 6.07) is 23.3. The van der Waals surface area contributed by atoms with E-state index in [0.717, 1.165) is 12.1 Å². The third kappa shape index (κ3) is 3.74. The van der Waals surface area contributed by atoms with Gasteiger partial charge in [-0.05, 0) is 48.1 Å². The SMILES string of the molecule is CCc1ccc(C(C)NC(=S)Nc2cccc3ccccc23)cc1. The molecule has 0 aliphatic rings. The van der Waals surface area contributed by atoms with Gasteiger partial charge in [0.15, 0.2) is 5.11 Å². The predicted octanol–water partition coefficient (Wildman–Crippen LogP) is 5.45. The molecule has 0 saturated carbocycles. The van der Waals surface area contributed by atoms with Crippen molar-refractivity contribution in [3.8, 4) is 0 Å². The highest BCUT2D eigenvalue weighted by Crippen LogP contribution is 2.23. The molecule has 24 heavy (non-hydrogen) atoms. The summed E-state index contributed by atoms with van der Waals surface area (Å²) in [5, 5.41) is 9.71. The number of rotatable bonds is 4. The molecule has 2 N–H and O–H groups in total. The van der Waals surface area contributed by atoms with Crippen molar-refractivity contribution in [2.45, 2.75) is 26.3 Å². The molecule has 3 rings (SSSR count). The summed E-state index contributed by atoms with van der Waals surface area (Å²) < 4.78 is 0. The highest BCUT2D eigenvalue weighted by Gasteiger charge is 2.08. The van der Waals surface area contributed by atoms with Gasteiger partial charge >= 0.3 is 0 Å². The zero-order chi connectivity index (χ0) is 16.9. The summed E-state index contributed by atoms with van der Waals surface area (Å²) in [6.07, 6.45) is 1.06. The molecule has 122 valence electrons. The molecule has 0 radical (unpaired) electrons. The molecule has 0 amide bonds. The molecule has 3 heteroatoms. The summed E-state index contributed by atoms with van der Waals surface area (Å²) in [6.45, 7) is 4.29. The van der Waals surface area contributed by atoms with Crippen LogP contribution >= 0.6 is 12.2 Å². The lowest BCUT2D eigenvalue weighted by Crippen LogP contribution is -2.30. The molecule has 3 aromatic carbocycles. The Labute approximate surface area is 148 Å². The van der Waals surface area contributed by atoms with Crippen LogP contribution in [0.2, 0.25) is 0 Å². The van der Waals surface area contributed by atoms with Crippen LogP contribution in [-0.2, 0) is 6.42 Å². The highest BCUT2D eigenvalue weighted by atomic mass is 32.1. The second-order valence-electron chi connectivity index (χ2n) is 5.94. The van der Waals surface area contributed by atoms with Gasteiger partial charge in [-0.3, -0.25) is 0 Å². The number of hydrogen-bond donors (Lipinski definition) is 2. The average molecular weight is 334 g/mol. The van der Waals surface area contributed by atoms with Gasteiger partial charge in [0.2, 0.25) is 0 Å². The van der Waals surface area contributed by atoms with Crippen molar-refractivity contribution < 1.29 is 0 Å². The van der Waals surface area contributed by atoms with Gasteiger partial charge in [-0.1, -0.05) is 67.6 Å². The molecule has 0 aliphatic carbocycles. The minimum Gasteiger partial charge on any atom is -0.356 e. The van der Waals surface area contributed by atoms with Gasteiger partial charge in [-0.25, -0.2) is 0 Å². The number of fused-ring (bicyclic) bond motifs is 1. The molecule has 1 unspecified atom stereocenters. The second kappa shape index (κ2) is 7.45. The number of anilines is 1. The maximum Gasteiger partial charge on any atom is 0.171 e. The molecular formula is C21H22N2S. The minimum absolute atomic E-state index is 0.158. The van der Waals surface area contributed by atoms with E-state index >= 15 is 0 Å². The first-order chi connectivity index (χ1) is 11.7. The van der Waals surface area contributed by atoms with E-state index in [0.29, 0.717) is 5.11 Å². The summed E-state index contributed by atoms with van der Waals surface area (Å²) in [4.78, 5) is 0. The molecule has 0 aliphatic heterocycles. The third-order valence-electron chi connectivity index (χ3n) is 4.27. The summed E-state index contributed by atoms with van der Waals surface area (Å²) >= 11 is 5.50. The highest BCUT2D eigenvalue weighted by molar-refractivity contribution is 7.80. The molecule has 2 nitrogen and oxygen atoms in total. The van der Waals surface area contributed by atoms with E-state index in [1.807, 2.05) is 18.2 Å². The summed E-state index contributed by atoms with van der Waals surface area (Å²) in [5.41, 5.74) is 3.61. The Morgan fingerprint density at radius 2 is 1.67 bits per heavy atom. The lowest BCUT2D eigenvalue weighted by atomic mass is 10.1. The zero-order valence-corrected chi connectivity index (χ0v) is 14.9. The molecular weight excluding hydrogens is 312 g/mol. The fraction of sp³-hybridized carbons (Fsp3) is 0.190. The number of aryl methyl sites for hydroxylation is 1. The normalized spacial score (nSPS) is 11.9. The van der Waals surface area contributed by atoms with Crippen molar-refractivity contribution >= 4 is 33.8 Å². The van der Waals surface area contributed by atoms with Crippen LogP contribution in [-0.4, -0.2) is 5.11 Å². The van der Waals surface area contributed by atoms with E-state index in [4.69, 9.17) is 12.2 Å². The number of hydrogen-bond acceptors (Lipinski definition) is 1. The van der Waals surface area contributed by atoms with E-state index < -0.39 is 0 Å². The fourth-order valence-electron chi connectivity index (χ4n) is 2.81. The number of nitrogens with one attached hydrogen (secondary N) is 2. The first kappa shape index (κ1) is 16.5. The van der Waals surface area contributed by atoms with Gasteiger partial charge in [0.05, 0.1) is 6.04 Å². The second-order valence-corrected chi connectivity index (χ2v) is 6.35. The Morgan fingerprint density at radius 3 is 2.42 bits per heavy atom. The molecule has 0 heterocycles. The van der Waals surface area contributed by atoms with Crippen molar-refractivity contribution in [3.05, 3.63) is 77.9 Å². The monoisotopic (exact) mass is 334 g/mol. The Bertz CT molecular complexity index is 835. The average Bonchev–Trinajstić information content (AvgIpc) is 2.62. The van der Waals surface area contributed by atoms with Crippen LogP contribution in [0.3, 0.4) is 0 Å². The Kier molecular flexibility index (Phi) is 5.11. The van der Waals surface area contributed by atoms with Crippen LogP contribution in [0.25, 0.3) is 10.8 Å². The molecule has 0 saturated heterocycles. The maximum absolute atomic E-state index is 5.50. The van der Waals surface area contributed by atoms with Gasteiger partial charge in [0, 0.05) is 11.1 Å². The van der Waals surface area contributed by atoms with Crippen LogP contribution in [0.4, 0.5) is 5.69 Å². The lowest BCUT2D eigenvalue weighted by molar-refractivity contribution is 0.722. The molecule has 1 atom stereocenters. The Morgan fingerprint density at radius 1 is 0.958 bits per heavy atom. The Balaban J connectivity index is 1.70. The first-order valence-electron chi connectivity index (χ1n) is 8.31. The third-order valence-corrected chi connectivity index (χ3v) is 4.49. The fourth-order valence-corrected chi connectivity index (χ4v) is 3.10. The predicted molar refractivity (Wildman–Crippen MR) is 108 cm³/mol. The van der Waals surface area contributed by atoms with Gasteiger partial charge < -0.3 is 10.6 Å². The van der Waals surface area contributed by atoms with Crippen molar-refractivity contribution in [2.75, 3.05) is 5.32 Å². The van der Waals surface area contributed by atoms with Gasteiger partial charge in [0.25, 0.3) is 0 Å². The number of benzene rings is 3. The molecule has 0 aromatic heterocycles. The first-order valence-corrected chi connectivity index (χ1v) is 8.72. The van der Waals surface area contributed by atoms with Crippen LogP contribution in [0.15, 0.2) is 66.7 Å². The van der Waals surface area contributed by atoms with E-state index in [2.05, 4.69) is 73.0 Å². The summed E-state index contributed by atoms with van der Waals surface area (Å²) in [7, 11) is 0. The maximum atomic E-state index is 5.50. The van der Waals surface area contributed by atoms with E-state index in [-0.39, 0.29) is 6.04 Å². The van der Waals surface area contributed by atoms with Crippen molar-refractivity contribution in [3.63, 3.8) is 0 Å². The van der Waals surface area contributed by atoms with E-state index in [1.54, 1.807) is 0 Å². The molecule has 0 fully saturated rings. The summed E-state index contributed by atoms with van der Waals surface area (Å²) in [5.74, 6) is 0. The van der Waals surface area contributed by atoms with Crippen LogP contribution in [0.1, 0.15) is 31.0 Å². The van der Waals surface area contributed by atoms with Gasteiger partial charge in [-0.2, -0.15) is 0 Å². The van der Waals surface area contributed by atoms with Crippen molar-refractivity contribution in [1.82, 2.24) is 5.32 Å². The largest absolute Gasteiger partial charge is 0.356 e. The number of thiocarbonyl (C=S) groups is 1. The van der Waals surface area contributed by atoms with Gasteiger partial charge in [-0.15, -0.1) is 0 Å². The Hall–Kier alpha value is -2.39. The van der Waals surface area contributed by atoms with Crippen LogP contribution < -0.4 is 10.6 Å². The van der Waals surface area contributed by atoms with Crippen LogP contribution in [0.5, 0.6) is 0 Å². The topological polar surface area (TPSA) is 24.1 Å². The van der Waals surface area contributed by atoms with Gasteiger partial charge in [0.1, 0.15) is 0 Å².